The Labute approximate surface area is 131 Å². The third-order valence-electron chi connectivity index (χ3n) is 4.46. The number of carbonyl (C=O) groups is 1. The Balaban J connectivity index is 1.56. The minimum Gasteiger partial charge on any atom is -0.478 e. The molecular formula is C19H21NO2. The SMILES string of the molecule is O=C(O)c1ccc(N2CCC(Cc3ccccc3)CC2)cc1. The lowest BCUT2D eigenvalue weighted by Gasteiger charge is -2.33. The van der Waals surface area contributed by atoms with Crippen LogP contribution in [0.1, 0.15) is 28.8 Å². The molecule has 1 saturated heterocycles. The predicted molar refractivity (Wildman–Crippen MR) is 88.5 cm³/mol. The largest absolute Gasteiger partial charge is 0.478 e. The number of nitrogens with zero attached hydrogens (tertiary/aromatic N) is 1. The van der Waals surface area contributed by atoms with Crippen LogP contribution in [0.25, 0.3) is 0 Å². The number of benzene rings is 2. The Morgan fingerprint density at radius 3 is 2.23 bits per heavy atom. The van der Waals surface area contributed by atoms with Gasteiger partial charge in [-0.2, -0.15) is 0 Å². The van der Waals surface area contributed by atoms with Crippen molar-refractivity contribution in [3.63, 3.8) is 0 Å². The van der Waals surface area contributed by atoms with Crippen molar-refractivity contribution in [1.29, 1.82) is 0 Å². The summed E-state index contributed by atoms with van der Waals surface area (Å²) >= 11 is 0. The maximum absolute atomic E-state index is 10.9. The van der Waals surface area contributed by atoms with Gasteiger partial charge in [0, 0.05) is 18.8 Å². The van der Waals surface area contributed by atoms with E-state index in [0.717, 1.165) is 31.1 Å². The highest BCUT2D eigenvalue weighted by molar-refractivity contribution is 5.88. The van der Waals surface area contributed by atoms with Gasteiger partial charge < -0.3 is 10.0 Å². The van der Waals surface area contributed by atoms with E-state index in [0.29, 0.717) is 5.56 Å². The van der Waals surface area contributed by atoms with E-state index in [-0.39, 0.29) is 0 Å². The summed E-state index contributed by atoms with van der Waals surface area (Å²) in [7, 11) is 0. The van der Waals surface area contributed by atoms with E-state index in [2.05, 4.69) is 35.2 Å². The van der Waals surface area contributed by atoms with Crippen LogP contribution < -0.4 is 4.90 Å². The van der Waals surface area contributed by atoms with Crippen LogP contribution in [0.4, 0.5) is 5.69 Å². The molecule has 2 aromatic rings. The number of anilines is 1. The highest BCUT2D eigenvalue weighted by Crippen LogP contribution is 2.26. The van der Waals surface area contributed by atoms with Gasteiger partial charge in [0.25, 0.3) is 0 Å². The Kier molecular flexibility index (Phi) is 4.42. The number of rotatable bonds is 4. The Morgan fingerprint density at radius 1 is 1.00 bits per heavy atom. The normalized spacial score (nSPS) is 15.7. The van der Waals surface area contributed by atoms with E-state index in [1.165, 1.54) is 18.4 Å². The molecule has 2 aromatic carbocycles. The molecule has 0 unspecified atom stereocenters. The number of carboxylic acid groups (broad SMARTS) is 1. The molecule has 22 heavy (non-hydrogen) atoms. The maximum Gasteiger partial charge on any atom is 0.335 e. The third-order valence-corrected chi connectivity index (χ3v) is 4.46. The minimum absolute atomic E-state index is 0.350. The first kappa shape index (κ1) is 14.6. The average Bonchev–Trinajstić information content (AvgIpc) is 2.57. The van der Waals surface area contributed by atoms with Gasteiger partial charge >= 0.3 is 5.97 Å². The zero-order chi connectivity index (χ0) is 15.4. The molecule has 0 aromatic heterocycles. The van der Waals surface area contributed by atoms with Crippen LogP contribution in [-0.4, -0.2) is 24.2 Å². The molecule has 1 heterocycles. The molecule has 3 rings (SSSR count). The van der Waals surface area contributed by atoms with Crippen molar-refractivity contribution in [2.24, 2.45) is 5.92 Å². The number of hydrogen-bond acceptors (Lipinski definition) is 2. The molecule has 0 saturated carbocycles. The lowest BCUT2D eigenvalue weighted by molar-refractivity contribution is 0.0697. The van der Waals surface area contributed by atoms with Gasteiger partial charge in [-0.25, -0.2) is 4.79 Å². The fourth-order valence-electron chi connectivity index (χ4n) is 3.16. The van der Waals surface area contributed by atoms with E-state index in [1.54, 1.807) is 12.1 Å². The molecule has 1 aliphatic heterocycles. The van der Waals surface area contributed by atoms with Gasteiger partial charge in [0.05, 0.1) is 5.56 Å². The summed E-state index contributed by atoms with van der Waals surface area (Å²) in [5, 5.41) is 8.95. The van der Waals surface area contributed by atoms with Gasteiger partial charge in [-0.05, 0) is 55.0 Å². The van der Waals surface area contributed by atoms with Gasteiger partial charge in [-0.15, -0.1) is 0 Å². The first-order valence-electron chi connectivity index (χ1n) is 7.84. The molecule has 0 aliphatic carbocycles. The van der Waals surface area contributed by atoms with Crippen molar-refractivity contribution in [3.8, 4) is 0 Å². The lowest BCUT2D eigenvalue weighted by Crippen LogP contribution is -2.34. The standard InChI is InChI=1S/C19H21NO2/c21-19(22)17-6-8-18(9-7-17)20-12-10-16(11-13-20)14-15-4-2-1-3-5-15/h1-9,16H,10-14H2,(H,21,22). The molecule has 114 valence electrons. The number of aromatic carboxylic acids is 1. The molecule has 0 bridgehead atoms. The second-order valence-electron chi connectivity index (χ2n) is 5.97. The van der Waals surface area contributed by atoms with Crippen LogP contribution in [0.3, 0.4) is 0 Å². The molecule has 0 radical (unpaired) electrons. The van der Waals surface area contributed by atoms with Crippen molar-refractivity contribution in [1.82, 2.24) is 0 Å². The topological polar surface area (TPSA) is 40.5 Å². The van der Waals surface area contributed by atoms with Gasteiger partial charge in [-0.1, -0.05) is 30.3 Å². The second-order valence-corrected chi connectivity index (χ2v) is 5.97. The van der Waals surface area contributed by atoms with E-state index in [1.807, 2.05) is 12.1 Å². The molecule has 3 heteroatoms. The van der Waals surface area contributed by atoms with E-state index < -0.39 is 5.97 Å². The van der Waals surface area contributed by atoms with Crippen LogP contribution in [0.2, 0.25) is 0 Å². The van der Waals surface area contributed by atoms with E-state index in [9.17, 15) is 4.79 Å². The third kappa shape index (κ3) is 3.48. The molecule has 0 atom stereocenters. The summed E-state index contributed by atoms with van der Waals surface area (Å²) in [4.78, 5) is 13.2. The fourth-order valence-corrected chi connectivity index (χ4v) is 3.16. The zero-order valence-electron chi connectivity index (χ0n) is 12.6. The Bertz CT molecular complexity index is 614. The summed E-state index contributed by atoms with van der Waals surface area (Å²) in [5.74, 6) is -0.120. The number of piperidine rings is 1. The average molecular weight is 295 g/mol. The molecule has 1 fully saturated rings. The summed E-state index contributed by atoms with van der Waals surface area (Å²) in [5.41, 5.74) is 2.90. The van der Waals surface area contributed by atoms with Crippen molar-refractivity contribution in [2.45, 2.75) is 19.3 Å². The highest BCUT2D eigenvalue weighted by atomic mass is 16.4. The fraction of sp³-hybridized carbons (Fsp3) is 0.316. The molecule has 0 amide bonds. The zero-order valence-corrected chi connectivity index (χ0v) is 12.6. The Morgan fingerprint density at radius 2 is 1.64 bits per heavy atom. The van der Waals surface area contributed by atoms with E-state index in [4.69, 9.17) is 5.11 Å². The lowest BCUT2D eigenvalue weighted by atomic mass is 9.90. The monoisotopic (exact) mass is 295 g/mol. The van der Waals surface area contributed by atoms with Crippen LogP contribution in [0.5, 0.6) is 0 Å². The van der Waals surface area contributed by atoms with Crippen molar-refractivity contribution in [2.75, 3.05) is 18.0 Å². The quantitative estimate of drug-likeness (QED) is 0.931. The predicted octanol–water partition coefficient (Wildman–Crippen LogP) is 3.84. The van der Waals surface area contributed by atoms with Gasteiger partial charge in [0.2, 0.25) is 0 Å². The summed E-state index contributed by atoms with van der Waals surface area (Å²) in [6.45, 7) is 2.09. The second kappa shape index (κ2) is 6.65. The molecular weight excluding hydrogens is 274 g/mol. The van der Waals surface area contributed by atoms with Crippen LogP contribution in [0.15, 0.2) is 54.6 Å². The number of hydrogen-bond donors (Lipinski definition) is 1. The van der Waals surface area contributed by atoms with Crippen molar-refractivity contribution in [3.05, 3.63) is 65.7 Å². The maximum atomic E-state index is 10.9. The van der Waals surface area contributed by atoms with Gasteiger partial charge in [0.1, 0.15) is 0 Å². The first-order chi connectivity index (χ1) is 10.7. The van der Waals surface area contributed by atoms with Crippen LogP contribution >= 0.6 is 0 Å². The number of carboxylic acids is 1. The van der Waals surface area contributed by atoms with Crippen LogP contribution in [0, 0.1) is 5.92 Å². The van der Waals surface area contributed by atoms with Gasteiger partial charge in [-0.3, -0.25) is 0 Å². The molecule has 0 spiro atoms. The van der Waals surface area contributed by atoms with E-state index >= 15 is 0 Å². The Hall–Kier alpha value is -2.29. The summed E-state index contributed by atoms with van der Waals surface area (Å²) in [6.07, 6.45) is 3.54. The summed E-state index contributed by atoms with van der Waals surface area (Å²) < 4.78 is 0. The first-order valence-corrected chi connectivity index (χ1v) is 7.84. The molecule has 1 N–H and O–H groups in total. The smallest absolute Gasteiger partial charge is 0.335 e. The van der Waals surface area contributed by atoms with Crippen LogP contribution in [-0.2, 0) is 6.42 Å². The van der Waals surface area contributed by atoms with Crippen molar-refractivity contribution < 1.29 is 9.90 Å². The minimum atomic E-state index is -0.867. The molecule has 3 nitrogen and oxygen atoms in total. The highest BCUT2D eigenvalue weighted by Gasteiger charge is 2.19. The van der Waals surface area contributed by atoms with Gasteiger partial charge in [0.15, 0.2) is 0 Å². The van der Waals surface area contributed by atoms with Crippen molar-refractivity contribution >= 4 is 11.7 Å². The molecule has 1 aliphatic rings. The summed E-state index contributed by atoms with van der Waals surface area (Å²) in [6, 6.07) is 17.9.